The zero-order chi connectivity index (χ0) is 10.9. The Morgan fingerprint density at radius 1 is 1.50 bits per heavy atom. The number of halogens is 2. The van der Waals surface area contributed by atoms with E-state index in [9.17, 15) is 12.8 Å². The first-order chi connectivity index (χ1) is 6.38. The lowest BCUT2D eigenvalue weighted by Gasteiger charge is -2.01. The predicted octanol–water partition coefficient (Wildman–Crippen LogP) is 1.33. The van der Waals surface area contributed by atoms with Crippen molar-refractivity contribution in [2.24, 2.45) is 0 Å². The Bertz CT molecular complexity index is 520. The molecule has 0 aromatic heterocycles. The van der Waals surface area contributed by atoms with Crippen LogP contribution in [0, 0.1) is 17.1 Å². The van der Waals surface area contributed by atoms with Gasteiger partial charge in [-0.1, -0.05) is 0 Å². The highest BCUT2D eigenvalue weighted by Gasteiger charge is 2.21. The molecule has 0 radical (unpaired) electrons. The van der Waals surface area contributed by atoms with E-state index in [1.54, 1.807) is 0 Å². The summed E-state index contributed by atoms with van der Waals surface area (Å²) in [5, 5.41) is 17.4. The first-order valence-electron chi connectivity index (χ1n) is 3.24. The fourth-order valence-corrected chi connectivity index (χ4v) is 1.75. The maximum absolute atomic E-state index is 13.2. The van der Waals surface area contributed by atoms with Gasteiger partial charge in [0.05, 0.1) is 0 Å². The van der Waals surface area contributed by atoms with Crippen molar-refractivity contribution in [1.82, 2.24) is 0 Å². The van der Waals surface area contributed by atoms with Gasteiger partial charge in [0, 0.05) is 10.7 Å². The fraction of sp³-hybridized carbons (Fsp3) is 0. The topological polar surface area (TPSA) is 78.2 Å². The largest absolute Gasteiger partial charge is 0.506 e. The Kier molecular flexibility index (Phi) is 2.64. The molecule has 0 bridgehead atoms. The van der Waals surface area contributed by atoms with Crippen LogP contribution in [-0.4, -0.2) is 13.5 Å². The summed E-state index contributed by atoms with van der Waals surface area (Å²) in [7, 11) is 0.638. The zero-order valence-corrected chi connectivity index (χ0v) is 8.10. The summed E-state index contributed by atoms with van der Waals surface area (Å²) in [5.41, 5.74) is -0.744. The van der Waals surface area contributed by atoms with Gasteiger partial charge in [-0.25, -0.2) is 12.8 Å². The van der Waals surface area contributed by atoms with E-state index in [1.807, 2.05) is 0 Å². The number of hydrogen-bond acceptors (Lipinski definition) is 4. The SMILES string of the molecule is N#Cc1c(O)ccc(S(=O)(=O)Cl)c1F. The van der Waals surface area contributed by atoms with Crippen LogP contribution in [-0.2, 0) is 9.05 Å². The van der Waals surface area contributed by atoms with Crippen molar-refractivity contribution in [3.05, 3.63) is 23.5 Å². The lowest BCUT2D eigenvalue weighted by molar-refractivity contribution is 0.463. The van der Waals surface area contributed by atoms with Crippen molar-refractivity contribution in [3.8, 4) is 11.8 Å². The molecule has 0 aliphatic heterocycles. The Morgan fingerprint density at radius 3 is 2.50 bits per heavy atom. The molecule has 0 spiro atoms. The van der Waals surface area contributed by atoms with Crippen LogP contribution in [0.4, 0.5) is 4.39 Å². The summed E-state index contributed by atoms with van der Waals surface area (Å²) >= 11 is 0. The van der Waals surface area contributed by atoms with Crippen LogP contribution < -0.4 is 0 Å². The monoisotopic (exact) mass is 235 g/mol. The second-order valence-electron chi connectivity index (χ2n) is 2.32. The summed E-state index contributed by atoms with van der Waals surface area (Å²) in [5.74, 6) is -1.98. The van der Waals surface area contributed by atoms with Crippen LogP contribution in [0.5, 0.6) is 5.75 Å². The van der Waals surface area contributed by atoms with Crippen molar-refractivity contribution in [2.75, 3.05) is 0 Å². The third-order valence-electron chi connectivity index (χ3n) is 1.46. The highest BCUT2D eigenvalue weighted by molar-refractivity contribution is 8.13. The quantitative estimate of drug-likeness (QED) is 0.745. The van der Waals surface area contributed by atoms with E-state index in [4.69, 9.17) is 21.1 Å². The summed E-state index contributed by atoms with van der Waals surface area (Å²) in [6, 6.07) is 3.00. The van der Waals surface area contributed by atoms with Gasteiger partial charge >= 0.3 is 0 Å². The normalized spacial score (nSPS) is 10.9. The molecule has 0 atom stereocenters. The molecule has 0 unspecified atom stereocenters. The van der Waals surface area contributed by atoms with Gasteiger partial charge in [-0.15, -0.1) is 0 Å². The molecule has 0 aliphatic rings. The van der Waals surface area contributed by atoms with Crippen molar-refractivity contribution in [2.45, 2.75) is 4.90 Å². The molecule has 0 heterocycles. The number of nitrogens with zero attached hydrogens (tertiary/aromatic N) is 1. The van der Waals surface area contributed by atoms with Crippen molar-refractivity contribution in [3.63, 3.8) is 0 Å². The lowest BCUT2D eigenvalue weighted by atomic mass is 10.2. The number of nitriles is 1. The number of phenols is 1. The molecule has 0 saturated heterocycles. The van der Waals surface area contributed by atoms with Gasteiger partial charge in [-0.3, -0.25) is 0 Å². The van der Waals surface area contributed by atoms with Gasteiger partial charge in [0.2, 0.25) is 0 Å². The van der Waals surface area contributed by atoms with Gasteiger partial charge in [0.25, 0.3) is 9.05 Å². The number of phenolic OH excluding ortho intramolecular Hbond substituents is 1. The lowest BCUT2D eigenvalue weighted by Crippen LogP contribution is -1.98. The number of benzene rings is 1. The Morgan fingerprint density at radius 2 is 2.07 bits per heavy atom. The molecule has 74 valence electrons. The number of rotatable bonds is 1. The molecule has 1 aromatic rings. The van der Waals surface area contributed by atoms with Gasteiger partial charge in [-0.2, -0.15) is 5.26 Å². The van der Waals surface area contributed by atoms with E-state index in [0.717, 1.165) is 12.1 Å². The summed E-state index contributed by atoms with van der Waals surface area (Å²) in [6.07, 6.45) is 0. The third kappa shape index (κ3) is 1.78. The van der Waals surface area contributed by atoms with Crippen molar-refractivity contribution < 1.29 is 17.9 Å². The Labute approximate surface area is 83.6 Å². The molecular formula is C7H3ClFNO3S. The third-order valence-corrected chi connectivity index (χ3v) is 2.80. The van der Waals surface area contributed by atoms with Gasteiger partial charge in [-0.05, 0) is 12.1 Å². The fourth-order valence-electron chi connectivity index (χ4n) is 0.841. The van der Waals surface area contributed by atoms with E-state index in [0.29, 0.717) is 0 Å². The van der Waals surface area contributed by atoms with E-state index in [-0.39, 0.29) is 0 Å². The molecule has 1 aromatic carbocycles. The van der Waals surface area contributed by atoms with Crippen LogP contribution in [0.1, 0.15) is 5.56 Å². The molecule has 4 nitrogen and oxygen atoms in total. The number of aromatic hydroxyl groups is 1. The summed E-state index contributed by atoms with van der Waals surface area (Å²) < 4.78 is 34.7. The van der Waals surface area contributed by atoms with E-state index in [1.165, 1.54) is 6.07 Å². The minimum atomic E-state index is -4.25. The highest BCUT2D eigenvalue weighted by Crippen LogP contribution is 2.27. The van der Waals surface area contributed by atoms with Crippen molar-refractivity contribution >= 4 is 19.7 Å². The standard InChI is InChI=1S/C7H3ClFNO3S/c8-14(12,13)6-2-1-5(11)4(3-10)7(6)9/h1-2,11H. The van der Waals surface area contributed by atoms with Crippen LogP contribution >= 0.6 is 10.7 Å². The van der Waals surface area contributed by atoms with Crippen LogP contribution in [0.25, 0.3) is 0 Å². The van der Waals surface area contributed by atoms with E-state index in [2.05, 4.69) is 0 Å². The first kappa shape index (κ1) is 10.8. The summed E-state index contributed by atoms with van der Waals surface area (Å²) in [4.78, 5) is -0.825. The molecule has 1 rings (SSSR count). The van der Waals surface area contributed by atoms with Crippen LogP contribution in [0.15, 0.2) is 17.0 Å². The maximum atomic E-state index is 13.2. The Hall–Kier alpha value is -1.32. The molecule has 0 aliphatic carbocycles. The first-order valence-corrected chi connectivity index (χ1v) is 5.55. The van der Waals surface area contributed by atoms with Crippen LogP contribution in [0.3, 0.4) is 0 Å². The molecule has 0 amide bonds. The second-order valence-corrected chi connectivity index (χ2v) is 4.86. The Balaban J connectivity index is 3.62. The zero-order valence-electron chi connectivity index (χ0n) is 6.53. The van der Waals surface area contributed by atoms with E-state index < -0.39 is 31.1 Å². The van der Waals surface area contributed by atoms with E-state index >= 15 is 0 Å². The predicted molar refractivity (Wildman–Crippen MR) is 45.8 cm³/mol. The summed E-state index contributed by atoms with van der Waals surface area (Å²) in [6.45, 7) is 0. The molecular weight excluding hydrogens is 233 g/mol. The van der Waals surface area contributed by atoms with Gasteiger partial charge in [0.15, 0.2) is 5.82 Å². The second kappa shape index (κ2) is 3.44. The molecule has 0 saturated carbocycles. The minimum absolute atomic E-state index is 0.630. The highest BCUT2D eigenvalue weighted by atomic mass is 35.7. The number of hydrogen-bond donors (Lipinski definition) is 1. The average Bonchev–Trinajstić information content (AvgIpc) is 2.02. The minimum Gasteiger partial charge on any atom is -0.506 e. The molecule has 1 N–H and O–H groups in total. The maximum Gasteiger partial charge on any atom is 0.264 e. The van der Waals surface area contributed by atoms with Crippen molar-refractivity contribution in [1.29, 1.82) is 5.26 Å². The molecule has 7 heteroatoms. The molecule has 0 fully saturated rings. The molecule has 14 heavy (non-hydrogen) atoms. The van der Waals surface area contributed by atoms with Gasteiger partial charge in [0.1, 0.15) is 22.3 Å². The smallest absolute Gasteiger partial charge is 0.264 e. The van der Waals surface area contributed by atoms with Crippen LogP contribution in [0.2, 0.25) is 0 Å². The average molecular weight is 236 g/mol. The van der Waals surface area contributed by atoms with Gasteiger partial charge < -0.3 is 5.11 Å².